The second kappa shape index (κ2) is 10.7. The third kappa shape index (κ3) is 4.85. The lowest BCUT2D eigenvalue weighted by Gasteiger charge is -2.45. The van der Waals surface area contributed by atoms with Gasteiger partial charge in [-0.15, -0.1) is 0 Å². The van der Waals surface area contributed by atoms with Gasteiger partial charge < -0.3 is 15.5 Å². The van der Waals surface area contributed by atoms with Crippen LogP contribution in [0, 0.1) is 5.41 Å². The highest BCUT2D eigenvalue weighted by Gasteiger charge is 2.42. The molecular weight excluding hydrogens is 476 g/mol. The Balaban J connectivity index is 1.47. The van der Waals surface area contributed by atoms with Crippen LogP contribution in [0.5, 0.6) is 0 Å². The van der Waals surface area contributed by atoms with E-state index in [9.17, 15) is 15.0 Å². The number of aliphatic hydroxyl groups excluding tert-OH is 2. The van der Waals surface area contributed by atoms with Crippen LogP contribution in [-0.4, -0.2) is 38.6 Å². The van der Waals surface area contributed by atoms with Gasteiger partial charge in [-0.1, -0.05) is 86.6 Å². The summed E-state index contributed by atoms with van der Waals surface area (Å²) >= 11 is 0. The van der Waals surface area contributed by atoms with Gasteiger partial charge in [0.05, 0.1) is 24.6 Å². The van der Waals surface area contributed by atoms with E-state index >= 15 is 0 Å². The van der Waals surface area contributed by atoms with E-state index in [-0.39, 0.29) is 17.9 Å². The molecule has 0 bridgehead atoms. The number of nitrogens with one attached hydrogen (secondary N) is 3. The average Bonchev–Trinajstić information content (AvgIpc) is 3.25. The van der Waals surface area contributed by atoms with Crippen molar-refractivity contribution in [2.45, 2.75) is 69.5 Å². The molecule has 3 aromatic rings. The molecule has 38 heavy (non-hydrogen) atoms. The lowest BCUT2D eigenvalue weighted by atomic mass is 9.85. The van der Waals surface area contributed by atoms with Crippen molar-refractivity contribution in [3.63, 3.8) is 0 Å². The fourth-order valence-corrected chi connectivity index (χ4v) is 5.87. The number of hydrogen-bond acceptors (Lipinski definition) is 5. The normalized spacial score (nSPS) is 22.1. The molecule has 0 radical (unpaired) electrons. The van der Waals surface area contributed by atoms with E-state index in [1.165, 1.54) is 4.90 Å². The summed E-state index contributed by atoms with van der Waals surface area (Å²) in [6.07, 6.45) is 0.710. The van der Waals surface area contributed by atoms with Gasteiger partial charge in [0.2, 0.25) is 5.91 Å². The molecule has 2 unspecified atom stereocenters. The van der Waals surface area contributed by atoms with Gasteiger partial charge in [0.15, 0.2) is 5.96 Å². The molecule has 2 aliphatic rings. The molecular formula is C31H36N4O3. The van der Waals surface area contributed by atoms with E-state index in [4.69, 9.17) is 5.41 Å². The summed E-state index contributed by atoms with van der Waals surface area (Å²) in [7, 11) is 0. The monoisotopic (exact) mass is 512 g/mol. The van der Waals surface area contributed by atoms with Gasteiger partial charge in [0.25, 0.3) is 0 Å². The van der Waals surface area contributed by atoms with Crippen LogP contribution >= 0.6 is 0 Å². The number of nitrogens with zero attached hydrogens (tertiary/aromatic N) is 1. The third-order valence-corrected chi connectivity index (χ3v) is 8.19. The summed E-state index contributed by atoms with van der Waals surface area (Å²) in [5, 5.41) is 37.2. The van der Waals surface area contributed by atoms with Crippen LogP contribution in [-0.2, 0) is 11.2 Å². The molecule has 3 aromatic carbocycles. The van der Waals surface area contributed by atoms with Gasteiger partial charge in [-0.3, -0.25) is 20.4 Å². The quantitative estimate of drug-likeness (QED) is 0.289. The van der Waals surface area contributed by atoms with Crippen LogP contribution in [0.25, 0.3) is 0 Å². The Labute approximate surface area is 224 Å². The van der Waals surface area contributed by atoms with Crippen molar-refractivity contribution in [2.75, 3.05) is 0 Å². The van der Waals surface area contributed by atoms with Crippen LogP contribution < -0.4 is 10.6 Å². The van der Waals surface area contributed by atoms with Crippen LogP contribution in [0.15, 0.2) is 78.9 Å². The third-order valence-electron chi connectivity index (χ3n) is 8.19. The molecule has 0 saturated carbocycles. The summed E-state index contributed by atoms with van der Waals surface area (Å²) in [6, 6.07) is 24.2. The standard InChI is InChI=1S/C31H36N4O3/c1-3-31(4-2)19-26(37)35(30(32)34-31)28(20-11-6-5-7-12-20)22-14-10-15-23(17-22)29(38)33-27-24-16-9-8-13-21(24)18-25(27)36/h5-17,25,27-29,33,36,38H,3-4,18-19H2,1-2H3,(H2,32,34)/t25-,27-,28?,29?/m1/s1. The molecule has 1 aliphatic heterocycles. The Kier molecular flexibility index (Phi) is 7.34. The van der Waals surface area contributed by atoms with E-state index < -0.39 is 23.9 Å². The fourth-order valence-electron chi connectivity index (χ4n) is 5.87. The zero-order valence-corrected chi connectivity index (χ0v) is 21.9. The lowest BCUT2D eigenvalue weighted by Crippen LogP contribution is -2.62. The van der Waals surface area contributed by atoms with Crippen LogP contribution in [0.4, 0.5) is 0 Å². The van der Waals surface area contributed by atoms with E-state index in [0.29, 0.717) is 18.4 Å². The van der Waals surface area contributed by atoms with Crippen LogP contribution in [0.3, 0.4) is 0 Å². The second-order valence-electron chi connectivity index (χ2n) is 10.4. The molecule has 1 saturated heterocycles. The summed E-state index contributed by atoms with van der Waals surface area (Å²) in [5.41, 5.74) is 3.96. The average molecular weight is 513 g/mol. The minimum absolute atomic E-state index is 0.0913. The van der Waals surface area contributed by atoms with Crippen molar-refractivity contribution in [1.82, 2.24) is 15.5 Å². The number of carbonyl (C=O) groups excluding carboxylic acids is 1. The number of carbonyl (C=O) groups is 1. The number of hydrogen-bond donors (Lipinski definition) is 5. The molecule has 198 valence electrons. The Bertz CT molecular complexity index is 1290. The van der Waals surface area contributed by atoms with Crippen molar-refractivity contribution < 1.29 is 15.0 Å². The fraction of sp³-hybridized carbons (Fsp3) is 0.355. The Morgan fingerprint density at radius 3 is 2.37 bits per heavy atom. The summed E-state index contributed by atoms with van der Waals surface area (Å²) in [5.74, 6) is -0.00497. The van der Waals surface area contributed by atoms with Crippen molar-refractivity contribution in [3.05, 3.63) is 107 Å². The van der Waals surface area contributed by atoms with Crippen molar-refractivity contribution in [2.24, 2.45) is 0 Å². The zero-order valence-electron chi connectivity index (χ0n) is 21.9. The predicted octanol–water partition coefficient (Wildman–Crippen LogP) is 4.33. The Morgan fingerprint density at radius 1 is 1.00 bits per heavy atom. The molecule has 5 rings (SSSR count). The van der Waals surface area contributed by atoms with Gasteiger partial charge in [0.1, 0.15) is 6.23 Å². The first-order valence-corrected chi connectivity index (χ1v) is 13.4. The predicted molar refractivity (Wildman–Crippen MR) is 147 cm³/mol. The Morgan fingerprint density at radius 2 is 1.66 bits per heavy atom. The molecule has 5 N–H and O–H groups in total. The maximum atomic E-state index is 13.6. The van der Waals surface area contributed by atoms with E-state index in [2.05, 4.69) is 10.6 Å². The van der Waals surface area contributed by atoms with Gasteiger partial charge in [-0.05, 0) is 46.7 Å². The molecule has 7 nitrogen and oxygen atoms in total. The van der Waals surface area contributed by atoms with Gasteiger partial charge >= 0.3 is 0 Å². The smallest absolute Gasteiger partial charge is 0.232 e. The molecule has 0 spiro atoms. The minimum Gasteiger partial charge on any atom is -0.391 e. The molecule has 1 amide bonds. The summed E-state index contributed by atoms with van der Waals surface area (Å²) in [6.45, 7) is 4.08. The SMILES string of the molecule is CCC1(CC)CC(=O)N(C(c2ccccc2)c2cccc(C(O)N[C@@H]3c4ccccc4C[C@H]3O)c2)C(=N)N1. The molecule has 1 aliphatic carbocycles. The molecule has 4 atom stereocenters. The molecule has 1 fully saturated rings. The van der Waals surface area contributed by atoms with E-state index in [1.54, 1.807) is 0 Å². The largest absolute Gasteiger partial charge is 0.391 e. The highest BCUT2D eigenvalue weighted by molar-refractivity contribution is 6.00. The van der Waals surface area contributed by atoms with Crippen LogP contribution in [0.2, 0.25) is 0 Å². The number of amides is 1. The molecule has 7 heteroatoms. The number of guanidine groups is 1. The first-order chi connectivity index (χ1) is 18.4. The van der Waals surface area contributed by atoms with Gasteiger partial charge in [0, 0.05) is 12.0 Å². The van der Waals surface area contributed by atoms with Crippen molar-refractivity contribution in [1.29, 1.82) is 5.41 Å². The van der Waals surface area contributed by atoms with Gasteiger partial charge in [-0.2, -0.15) is 0 Å². The number of aliphatic hydroxyl groups is 2. The highest BCUT2D eigenvalue weighted by Crippen LogP contribution is 2.36. The lowest BCUT2D eigenvalue weighted by molar-refractivity contribution is -0.132. The minimum atomic E-state index is -1.03. The van der Waals surface area contributed by atoms with Crippen molar-refractivity contribution in [3.8, 4) is 0 Å². The zero-order chi connectivity index (χ0) is 26.9. The topological polar surface area (TPSA) is 109 Å². The number of benzene rings is 3. The summed E-state index contributed by atoms with van der Waals surface area (Å²) in [4.78, 5) is 15.1. The van der Waals surface area contributed by atoms with Crippen LogP contribution in [0.1, 0.15) is 79.2 Å². The summed E-state index contributed by atoms with van der Waals surface area (Å²) < 4.78 is 0. The van der Waals surface area contributed by atoms with Gasteiger partial charge in [-0.25, -0.2) is 0 Å². The Hall–Kier alpha value is -3.52. The first kappa shape index (κ1) is 26.1. The number of rotatable bonds is 8. The molecule has 1 heterocycles. The maximum Gasteiger partial charge on any atom is 0.232 e. The second-order valence-corrected chi connectivity index (χ2v) is 10.4. The van der Waals surface area contributed by atoms with Crippen molar-refractivity contribution >= 4 is 11.9 Å². The number of fused-ring (bicyclic) bond motifs is 1. The highest BCUT2D eigenvalue weighted by atomic mass is 16.3. The van der Waals surface area contributed by atoms with E-state index in [1.807, 2.05) is 92.7 Å². The molecule has 0 aromatic heterocycles. The van der Waals surface area contributed by atoms with E-state index in [0.717, 1.165) is 35.1 Å². The first-order valence-electron chi connectivity index (χ1n) is 13.4. The maximum absolute atomic E-state index is 13.6.